The van der Waals surface area contributed by atoms with Gasteiger partial charge in [-0.25, -0.2) is 0 Å². The maximum absolute atomic E-state index is 2.77. The third kappa shape index (κ3) is 0.396. The molecule has 1 saturated heterocycles. The summed E-state index contributed by atoms with van der Waals surface area (Å²) < 4.78 is 0. The van der Waals surface area contributed by atoms with Gasteiger partial charge in [0.25, 0.3) is 0 Å². The lowest BCUT2D eigenvalue weighted by molar-refractivity contribution is -0.216. The van der Waals surface area contributed by atoms with Crippen molar-refractivity contribution in [1.29, 1.82) is 0 Å². The van der Waals surface area contributed by atoms with E-state index in [4.69, 9.17) is 0 Å². The van der Waals surface area contributed by atoms with Crippen LogP contribution in [-0.4, -0.2) is 24.3 Å². The summed E-state index contributed by atoms with van der Waals surface area (Å²) in [6, 6.07) is 0. The molecule has 1 aliphatic heterocycles. The Bertz CT molecular complexity index is 45.5. The molecule has 0 aromatic carbocycles. The molecule has 0 unspecified atom stereocenters. The molecule has 0 bridgehead atoms. The minimum Gasteiger partial charge on any atom is -0.161 e. The van der Waals surface area contributed by atoms with Gasteiger partial charge in [0.15, 0.2) is 0 Å². The Balaban J connectivity index is 2.20. The molecule has 36 valence electrons. The Kier molecular flexibility index (Phi) is 0.776. The van der Waals surface area contributed by atoms with Crippen molar-refractivity contribution in [1.82, 2.24) is 21.3 Å². The van der Waals surface area contributed by atoms with Gasteiger partial charge >= 0.3 is 0 Å². The van der Waals surface area contributed by atoms with Gasteiger partial charge in [0, 0.05) is 14.1 Å². The third-order valence-corrected chi connectivity index (χ3v) is 0.824. The van der Waals surface area contributed by atoms with E-state index in [2.05, 4.69) is 11.1 Å². The number of hydrazine groups is 4. The highest BCUT2D eigenvalue weighted by molar-refractivity contribution is 4.34. The highest BCUT2D eigenvalue weighted by Gasteiger charge is 2.11. The number of rotatable bonds is 0. The summed E-state index contributed by atoms with van der Waals surface area (Å²) in [5, 5.41) is 3.64. The van der Waals surface area contributed by atoms with E-state index in [9.17, 15) is 0 Å². The molecule has 2 N–H and O–H groups in total. The fourth-order valence-corrected chi connectivity index (χ4v) is 0.250. The van der Waals surface area contributed by atoms with Gasteiger partial charge in [-0.05, 0) is 0 Å². The predicted octanol–water partition coefficient (Wildman–Crippen LogP) is -1.30. The molecule has 0 spiro atoms. The Morgan fingerprint density at radius 3 is 1.33 bits per heavy atom. The van der Waals surface area contributed by atoms with E-state index in [-0.39, 0.29) is 0 Å². The average Bonchev–Trinajstić information content (AvgIpc) is 1.61. The number of nitrogens with zero attached hydrogens (tertiary/aromatic N) is 2. The van der Waals surface area contributed by atoms with Crippen LogP contribution >= 0.6 is 0 Å². The van der Waals surface area contributed by atoms with Crippen molar-refractivity contribution in [2.75, 3.05) is 14.1 Å². The standard InChI is InChI=1S/C2H8N4/c1-5-3-4-6(5)2/h3-4H,1-2H3. The molecule has 0 aromatic rings. The van der Waals surface area contributed by atoms with Crippen LogP contribution in [-0.2, 0) is 0 Å². The van der Waals surface area contributed by atoms with E-state index < -0.39 is 0 Å². The Labute approximate surface area is 36.6 Å². The van der Waals surface area contributed by atoms with E-state index in [1.165, 1.54) is 0 Å². The topological polar surface area (TPSA) is 30.5 Å². The fourth-order valence-electron chi connectivity index (χ4n) is 0.250. The normalized spacial score (nSPS) is 27.0. The lowest BCUT2D eigenvalue weighted by atomic mass is 11.2. The molecule has 4 nitrogen and oxygen atoms in total. The third-order valence-electron chi connectivity index (χ3n) is 0.824. The highest BCUT2D eigenvalue weighted by atomic mass is 16.1. The van der Waals surface area contributed by atoms with Gasteiger partial charge < -0.3 is 0 Å². The molecule has 1 rings (SSSR count). The second-order valence-electron chi connectivity index (χ2n) is 1.27. The molecule has 0 amide bonds. The lowest BCUT2D eigenvalue weighted by Crippen LogP contribution is -2.71. The number of hydrogen-bond acceptors (Lipinski definition) is 4. The molecular formula is C2H8N4. The minimum atomic E-state index is 1.82. The van der Waals surface area contributed by atoms with Crippen molar-refractivity contribution in [3.05, 3.63) is 0 Å². The summed E-state index contributed by atoms with van der Waals surface area (Å²) >= 11 is 0. The molecule has 0 atom stereocenters. The maximum atomic E-state index is 2.77. The van der Waals surface area contributed by atoms with Crippen LogP contribution in [0.25, 0.3) is 0 Å². The molecule has 1 fully saturated rings. The van der Waals surface area contributed by atoms with Crippen molar-refractivity contribution in [3.63, 3.8) is 0 Å². The second kappa shape index (κ2) is 1.16. The van der Waals surface area contributed by atoms with Gasteiger partial charge in [-0.1, -0.05) is 0 Å². The first kappa shape index (κ1) is 4.01. The lowest BCUT2D eigenvalue weighted by Gasteiger charge is -2.38. The van der Waals surface area contributed by atoms with Crippen LogP contribution in [0.3, 0.4) is 0 Å². The second-order valence-corrected chi connectivity index (χ2v) is 1.27. The first-order chi connectivity index (χ1) is 2.80. The first-order valence-corrected chi connectivity index (χ1v) is 1.79. The van der Waals surface area contributed by atoms with E-state index >= 15 is 0 Å². The van der Waals surface area contributed by atoms with Crippen molar-refractivity contribution in [3.8, 4) is 0 Å². The molecule has 0 saturated carbocycles. The minimum absolute atomic E-state index is 1.82. The zero-order chi connectivity index (χ0) is 4.57. The number of hydrogen-bond donors (Lipinski definition) is 2. The SMILES string of the molecule is CN1NNN1C. The monoisotopic (exact) mass is 88.1 g/mol. The van der Waals surface area contributed by atoms with E-state index in [1.54, 1.807) is 0 Å². The molecule has 0 aromatic heterocycles. The molecule has 0 aliphatic carbocycles. The summed E-state index contributed by atoms with van der Waals surface area (Å²) in [5.41, 5.74) is 5.53. The first-order valence-electron chi connectivity index (χ1n) is 1.79. The van der Waals surface area contributed by atoms with Gasteiger partial charge in [-0.15, -0.1) is 0 Å². The molecule has 1 aliphatic rings. The molecule has 1 heterocycles. The zero-order valence-corrected chi connectivity index (χ0v) is 3.89. The Morgan fingerprint density at radius 1 is 1.00 bits per heavy atom. The quantitative estimate of drug-likeness (QED) is 0.385. The molecule has 6 heavy (non-hydrogen) atoms. The maximum Gasteiger partial charge on any atom is 0.0205 e. The average molecular weight is 88.1 g/mol. The van der Waals surface area contributed by atoms with Gasteiger partial charge in [-0.2, -0.15) is 21.3 Å². The summed E-state index contributed by atoms with van der Waals surface area (Å²) in [5.74, 6) is 0. The largest absolute Gasteiger partial charge is 0.161 e. The van der Waals surface area contributed by atoms with Gasteiger partial charge in [0.05, 0.1) is 0 Å². The molecule has 4 heteroatoms. The summed E-state index contributed by atoms with van der Waals surface area (Å²) in [4.78, 5) is 0. The van der Waals surface area contributed by atoms with Crippen LogP contribution in [0.5, 0.6) is 0 Å². The van der Waals surface area contributed by atoms with Crippen LogP contribution in [0, 0.1) is 0 Å². The Hall–Kier alpha value is -0.160. The van der Waals surface area contributed by atoms with Gasteiger partial charge in [0.1, 0.15) is 0 Å². The number of nitrogens with one attached hydrogen (secondary N) is 2. The van der Waals surface area contributed by atoms with Crippen LogP contribution in [0.4, 0.5) is 0 Å². The summed E-state index contributed by atoms with van der Waals surface area (Å²) in [7, 11) is 3.83. The van der Waals surface area contributed by atoms with Crippen LogP contribution in [0.15, 0.2) is 0 Å². The highest BCUT2D eigenvalue weighted by Crippen LogP contribution is 1.83. The molecular weight excluding hydrogens is 80.0 g/mol. The smallest absolute Gasteiger partial charge is 0.0205 e. The fraction of sp³-hybridized carbons (Fsp3) is 1.00. The van der Waals surface area contributed by atoms with E-state index in [0.717, 1.165) is 0 Å². The van der Waals surface area contributed by atoms with Crippen LogP contribution < -0.4 is 11.1 Å². The van der Waals surface area contributed by atoms with Crippen molar-refractivity contribution < 1.29 is 0 Å². The molecule has 0 radical (unpaired) electrons. The summed E-state index contributed by atoms with van der Waals surface area (Å²) in [6.45, 7) is 0. The zero-order valence-electron chi connectivity index (χ0n) is 3.89. The van der Waals surface area contributed by atoms with Crippen molar-refractivity contribution >= 4 is 0 Å². The van der Waals surface area contributed by atoms with Gasteiger partial charge in [-0.3, -0.25) is 0 Å². The van der Waals surface area contributed by atoms with Crippen molar-refractivity contribution in [2.24, 2.45) is 0 Å². The summed E-state index contributed by atoms with van der Waals surface area (Å²) in [6.07, 6.45) is 0. The van der Waals surface area contributed by atoms with E-state index in [0.29, 0.717) is 0 Å². The van der Waals surface area contributed by atoms with E-state index in [1.807, 2.05) is 24.3 Å². The Morgan fingerprint density at radius 2 is 1.33 bits per heavy atom. The van der Waals surface area contributed by atoms with Gasteiger partial charge in [0.2, 0.25) is 0 Å². The van der Waals surface area contributed by atoms with Crippen molar-refractivity contribution in [2.45, 2.75) is 0 Å². The van der Waals surface area contributed by atoms with Crippen LogP contribution in [0.2, 0.25) is 0 Å². The predicted molar refractivity (Wildman–Crippen MR) is 21.8 cm³/mol. The van der Waals surface area contributed by atoms with Crippen LogP contribution in [0.1, 0.15) is 0 Å².